The number of nitrogens with zero attached hydrogens (tertiary/aromatic N) is 3. The first-order valence-electron chi connectivity index (χ1n) is 4.84. The first kappa shape index (κ1) is 10.9. The van der Waals surface area contributed by atoms with Gasteiger partial charge in [0.15, 0.2) is 5.82 Å². The van der Waals surface area contributed by atoms with E-state index in [4.69, 9.17) is 17.3 Å². The van der Waals surface area contributed by atoms with E-state index in [2.05, 4.69) is 15.5 Å². The van der Waals surface area contributed by atoms with Gasteiger partial charge in [-0.1, -0.05) is 17.7 Å². The fraction of sp³-hybridized carbons (Fsp3) is 0.200. The molecule has 0 aliphatic carbocycles. The van der Waals surface area contributed by atoms with E-state index in [9.17, 15) is 0 Å². The molecular formula is C10H12ClN5. The summed E-state index contributed by atoms with van der Waals surface area (Å²) in [6.45, 7) is 0.321. The van der Waals surface area contributed by atoms with Crippen LogP contribution in [-0.4, -0.2) is 21.8 Å². The van der Waals surface area contributed by atoms with E-state index in [1.54, 1.807) is 7.05 Å². The lowest BCUT2D eigenvalue weighted by Crippen LogP contribution is -2.09. The molecule has 6 heteroatoms. The van der Waals surface area contributed by atoms with Gasteiger partial charge in [0.25, 0.3) is 0 Å². The Morgan fingerprint density at radius 1 is 1.44 bits per heavy atom. The average molecular weight is 238 g/mol. The first-order chi connectivity index (χ1) is 7.76. The molecule has 3 N–H and O–H groups in total. The molecule has 0 spiro atoms. The van der Waals surface area contributed by atoms with Gasteiger partial charge in [-0.05, 0) is 18.2 Å². The van der Waals surface area contributed by atoms with Gasteiger partial charge in [-0.25, -0.2) is 0 Å². The number of nitrogens with one attached hydrogen (secondary N) is 1. The summed E-state index contributed by atoms with van der Waals surface area (Å²) in [7, 11) is 1.78. The molecule has 0 bridgehead atoms. The molecule has 0 fully saturated rings. The van der Waals surface area contributed by atoms with Gasteiger partial charge < -0.3 is 11.1 Å². The van der Waals surface area contributed by atoms with Crippen molar-refractivity contribution in [2.75, 3.05) is 12.4 Å². The molecule has 2 rings (SSSR count). The Morgan fingerprint density at radius 2 is 2.25 bits per heavy atom. The van der Waals surface area contributed by atoms with Crippen LogP contribution in [0.1, 0.15) is 5.82 Å². The summed E-state index contributed by atoms with van der Waals surface area (Å²) in [5.74, 6) is 1.33. The van der Waals surface area contributed by atoms with Gasteiger partial charge in [-0.15, -0.1) is 10.2 Å². The maximum Gasteiger partial charge on any atom is 0.229 e. The van der Waals surface area contributed by atoms with E-state index in [1.807, 2.05) is 28.8 Å². The van der Waals surface area contributed by atoms with Crippen molar-refractivity contribution in [2.45, 2.75) is 6.54 Å². The van der Waals surface area contributed by atoms with Crippen LogP contribution in [0.5, 0.6) is 0 Å². The second-order valence-corrected chi connectivity index (χ2v) is 3.65. The fourth-order valence-electron chi connectivity index (χ4n) is 1.50. The number of nitrogens with two attached hydrogens (primary N) is 1. The van der Waals surface area contributed by atoms with Gasteiger partial charge in [-0.2, -0.15) is 0 Å². The highest BCUT2D eigenvalue weighted by atomic mass is 35.5. The maximum atomic E-state index is 5.95. The van der Waals surface area contributed by atoms with Crippen LogP contribution in [0.3, 0.4) is 0 Å². The molecule has 0 saturated carbocycles. The summed E-state index contributed by atoms with van der Waals surface area (Å²) in [6, 6.07) is 7.45. The van der Waals surface area contributed by atoms with Crippen LogP contribution in [0.15, 0.2) is 24.3 Å². The van der Waals surface area contributed by atoms with Crippen molar-refractivity contribution < 1.29 is 0 Å². The van der Waals surface area contributed by atoms with Crippen molar-refractivity contribution in [3.8, 4) is 5.69 Å². The minimum Gasteiger partial charge on any atom is -0.357 e. The van der Waals surface area contributed by atoms with E-state index in [0.29, 0.717) is 23.3 Å². The normalized spacial score (nSPS) is 10.4. The molecule has 2 aromatic rings. The average Bonchev–Trinajstić information content (AvgIpc) is 2.71. The Morgan fingerprint density at radius 3 is 2.88 bits per heavy atom. The molecular weight excluding hydrogens is 226 g/mol. The van der Waals surface area contributed by atoms with Gasteiger partial charge in [0.2, 0.25) is 5.95 Å². The van der Waals surface area contributed by atoms with Crippen molar-refractivity contribution in [1.82, 2.24) is 14.8 Å². The van der Waals surface area contributed by atoms with Crippen LogP contribution in [0, 0.1) is 0 Å². The fourth-order valence-corrected chi connectivity index (χ4v) is 1.68. The molecule has 1 aromatic heterocycles. The van der Waals surface area contributed by atoms with Gasteiger partial charge in [0.05, 0.1) is 12.2 Å². The molecule has 0 aliphatic heterocycles. The topological polar surface area (TPSA) is 68.8 Å². The summed E-state index contributed by atoms with van der Waals surface area (Å²) in [5.41, 5.74) is 6.50. The van der Waals surface area contributed by atoms with Crippen LogP contribution in [0.4, 0.5) is 5.95 Å². The first-order valence-corrected chi connectivity index (χ1v) is 5.22. The Hall–Kier alpha value is -1.59. The maximum absolute atomic E-state index is 5.95. The zero-order chi connectivity index (χ0) is 11.5. The lowest BCUT2D eigenvalue weighted by molar-refractivity contribution is 0.861. The van der Waals surface area contributed by atoms with Crippen molar-refractivity contribution in [3.63, 3.8) is 0 Å². The van der Waals surface area contributed by atoms with Crippen LogP contribution in [0.2, 0.25) is 5.02 Å². The van der Waals surface area contributed by atoms with Crippen LogP contribution in [-0.2, 0) is 6.54 Å². The van der Waals surface area contributed by atoms with Crippen molar-refractivity contribution in [1.29, 1.82) is 0 Å². The van der Waals surface area contributed by atoms with E-state index >= 15 is 0 Å². The second-order valence-electron chi connectivity index (χ2n) is 3.21. The number of benzene rings is 1. The van der Waals surface area contributed by atoms with E-state index in [0.717, 1.165) is 5.69 Å². The highest BCUT2D eigenvalue weighted by Crippen LogP contribution is 2.19. The number of hydrogen-bond donors (Lipinski definition) is 2. The number of rotatable bonds is 3. The standard InChI is InChI=1S/C10H12ClN5/c1-13-10-15-14-9(6-12)16(10)8-4-2-3-7(11)5-8/h2-5H,6,12H2,1H3,(H,13,15). The zero-order valence-corrected chi connectivity index (χ0v) is 9.57. The summed E-state index contributed by atoms with van der Waals surface area (Å²) in [6.07, 6.45) is 0. The molecule has 0 radical (unpaired) electrons. The summed E-state index contributed by atoms with van der Waals surface area (Å²) in [4.78, 5) is 0. The molecule has 1 aromatic carbocycles. The van der Waals surface area contributed by atoms with Gasteiger partial charge >= 0.3 is 0 Å². The summed E-state index contributed by atoms with van der Waals surface area (Å²) < 4.78 is 1.84. The molecule has 1 heterocycles. The number of halogens is 1. The number of hydrogen-bond acceptors (Lipinski definition) is 4. The minimum atomic E-state index is 0.321. The van der Waals surface area contributed by atoms with Crippen LogP contribution in [0.25, 0.3) is 5.69 Å². The third kappa shape index (κ3) is 1.87. The molecule has 0 unspecified atom stereocenters. The predicted octanol–water partition coefficient (Wildman–Crippen LogP) is 1.42. The second kappa shape index (κ2) is 4.51. The molecule has 0 saturated heterocycles. The Bertz CT molecular complexity index is 472. The Kier molecular flexibility index (Phi) is 3.07. The predicted molar refractivity (Wildman–Crippen MR) is 63.8 cm³/mol. The van der Waals surface area contributed by atoms with E-state index in [-0.39, 0.29) is 0 Å². The third-order valence-corrected chi connectivity index (χ3v) is 2.44. The largest absolute Gasteiger partial charge is 0.357 e. The van der Waals surface area contributed by atoms with Gasteiger partial charge in [0.1, 0.15) is 0 Å². The van der Waals surface area contributed by atoms with Crippen LogP contribution >= 0.6 is 11.6 Å². The molecule has 0 amide bonds. The van der Waals surface area contributed by atoms with E-state index < -0.39 is 0 Å². The highest BCUT2D eigenvalue weighted by molar-refractivity contribution is 6.30. The zero-order valence-electron chi connectivity index (χ0n) is 8.81. The quantitative estimate of drug-likeness (QED) is 0.847. The molecule has 0 aliphatic rings. The van der Waals surface area contributed by atoms with Gasteiger partial charge in [0, 0.05) is 12.1 Å². The number of anilines is 1. The molecule has 5 nitrogen and oxygen atoms in total. The summed E-state index contributed by atoms with van der Waals surface area (Å²) in [5, 5.41) is 11.6. The van der Waals surface area contributed by atoms with Crippen molar-refractivity contribution in [3.05, 3.63) is 35.1 Å². The van der Waals surface area contributed by atoms with E-state index in [1.165, 1.54) is 0 Å². The Balaban J connectivity index is 2.57. The summed E-state index contributed by atoms with van der Waals surface area (Å²) >= 11 is 5.95. The molecule has 16 heavy (non-hydrogen) atoms. The SMILES string of the molecule is CNc1nnc(CN)n1-c1cccc(Cl)c1. The smallest absolute Gasteiger partial charge is 0.229 e. The van der Waals surface area contributed by atoms with Crippen molar-refractivity contribution in [2.24, 2.45) is 5.73 Å². The third-order valence-electron chi connectivity index (χ3n) is 2.20. The molecule has 84 valence electrons. The lowest BCUT2D eigenvalue weighted by atomic mass is 10.3. The highest BCUT2D eigenvalue weighted by Gasteiger charge is 2.11. The molecule has 0 atom stereocenters. The minimum absolute atomic E-state index is 0.321. The monoisotopic (exact) mass is 237 g/mol. The Labute approximate surface area is 98.2 Å². The van der Waals surface area contributed by atoms with Crippen molar-refractivity contribution >= 4 is 17.5 Å². The van der Waals surface area contributed by atoms with Gasteiger partial charge in [-0.3, -0.25) is 4.57 Å². The number of aromatic nitrogens is 3. The lowest BCUT2D eigenvalue weighted by Gasteiger charge is -2.08. The van der Waals surface area contributed by atoms with Crippen LogP contribution < -0.4 is 11.1 Å².